The van der Waals surface area contributed by atoms with Crippen molar-refractivity contribution in [2.24, 2.45) is 0 Å². The first-order valence-electron chi connectivity index (χ1n) is 9.42. The van der Waals surface area contributed by atoms with E-state index >= 15 is 0 Å². The van der Waals surface area contributed by atoms with Crippen molar-refractivity contribution >= 4 is 44.7 Å². The molecule has 0 saturated heterocycles. The van der Waals surface area contributed by atoms with Crippen LogP contribution in [0.1, 0.15) is 27.0 Å². The molecule has 0 bridgehead atoms. The number of benzene rings is 2. The minimum Gasteiger partial charge on any atom is -0.351 e. The summed E-state index contributed by atoms with van der Waals surface area (Å²) in [6, 6.07) is 13.9. The van der Waals surface area contributed by atoms with E-state index in [1.807, 2.05) is 13.0 Å². The summed E-state index contributed by atoms with van der Waals surface area (Å²) in [5.74, 6) is 1.60. The SMILES string of the molecule is Cc1ccc(C)c(S(=O)(=O)Nc2ccc(C(=O)NCCSCc3ccsc3)cc2)c1. The molecule has 158 valence electrons. The second-order valence-electron chi connectivity index (χ2n) is 6.89. The van der Waals surface area contributed by atoms with Gasteiger partial charge in [0.25, 0.3) is 15.9 Å². The number of anilines is 1. The monoisotopic (exact) mass is 460 g/mol. The second kappa shape index (κ2) is 10.1. The molecule has 3 rings (SSSR count). The normalized spacial score (nSPS) is 11.3. The summed E-state index contributed by atoms with van der Waals surface area (Å²) in [6.07, 6.45) is 0. The number of carbonyl (C=O) groups excluding carboxylic acids is 1. The van der Waals surface area contributed by atoms with Gasteiger partial charge in [0.1, 0.15) is 0 Å². The van der Waals surface area contributed by atoms with E-state index in [9.17, 15) is 13.2 Å². The van der Waals surface area contributed by atoms with Gasteiger partial charge in [0.15, 0.2) is 0 Å². The number of rotatable bonds is 9. The molecule has 0 atom stereocenters. The zero-order valence-electron chi connectivity index (χ0n) is 16.8. The zero-order valence-corrected chi connectivity index (χ0v) is 19.3. The summed E-state index contributed by atoms with van der Waals surface area (Å²) >= 11 is 3.46. The predicted molar refractivity (Wildman–Crippen MR) is 126 cm³/mol. The van der Waals surface area contributed by atoms with Crippen LogP contribution >= 0.6 is 23.1 Å². The Morgan fingerprint density at radius 3 is 2.53 bits per heavy atom. The van der Waals surface area contributed by atoms with Crippen molar-refractivity contribution in [1.29, 1.82) is 0 Å². The molecular formula is C22H24N2O3S3. The van der Waals surface area contributed by atoms with Gasteiger partial charge in [0.05, 0.1) is 4.90 Å². The van der Waals surface area contributed by atoms with Crippen molar-refractivity contribution in [2.45, 2.75) is 24.5 Å². The Kier molecular flexibility index (Phi) is 7.58. The summed E-state index contributed by atoms with van der Waals surface area (Å²) < 4.78 is 28.0. The van der Waals surface area contributed by atoms with Gasteiger partial charge in [-0.3, -0.25) is 9.52 Å². The number of sulfonamides is 1. The maximum absolute atomic E-state index is 12.7. The van der Waals surface area contributed by atoms with Crippen LogP contribution < -0.4 is 10.0 Å². The molecule has 0 fully saturated rings. The van der Waals surface area contributed by atoms with Gasteiger partial charge in [0.2, 0.25) is 0 Å². The smallest absolute Gasteiger partial charge is 0.262 e. The molecule has 2 aromatic carbocycles. The van der Waals surface area contributed by atoms with Gasteiger partial charge < -0.3 is 5.32 Å². The van der Waals surface area contributed by atoms with E-state index in [0.29, 0.717) is 23.4 Å². The average Bonchev–Trinajstić information content (AvgIpc) is 3.23. The Morgan fingerprint density at radius 2 is 1.83 bits per heavy atom. The minimum absolute atomic E-state index is 0.171. The molecule has 0 radical (unpaired) electrons. The van der Waals surface area contributed by atoms with Gasteiger partial charge in [-0.2, -0.15) is 23.1 Å². The van der Waals surface area contributed by atoms with Crippen molar-refractivity contribution in [2.75, 3.05) is 17.0 Å². The van der Waals surface area contributed by atoms with Crippen LogP contribution in [-0.4, -0.2) is 26.6 Å². The molecule has 2 N–H and O–H groups in total. The van der Waals surface area contributed by atoms with E-state index in [0.717, 1.165) is 17.1 Å². The molecule has 1 amide bonds. The lowest BCUT2D eigenvalue weighted by atomic mass is 10.2. The van der Waals surface area contributed by atoms with Crippen molar-refractivity contribution < 1.29 is 13.2 Å². The van der Waals surface area contributed by atoms with Crippen LogP contribution in [0.15, 0.2) is 64.2 Å². The first-order valence-corrected chi connectivity index (χ1v) is 13.0. The lowest BCUT2D eigenvalue weighted by Gasteiger charge is -2.12. The Labute approximate surface area is 186 Å². The van der Waals surface area contributed by atoms with Crippen molar-refractivity contribution in [3.8, 4) is 0 Å². The van der Waals surface area contributed by atoms with Gasteiger partial charge in [-0.15, -0.1) is 0 Å². The molecule has 0 spiro atoms. The topological polar surface area (TPSA) is 75.3 Å². The highest BCUT2D eigenvalue weighted by Crippen LogP contribution is 2.21. The summed E-state index contributed by atoms with van der Waals surface area (Å²) in [6.45, 7) is 4.20. The Bertz CT molecular complexity index is 1090. The molecule has 5 nitrogen and oxygen atoms in total. The van der Waals surface area contributed by atoms with E-state index in [2.05, 4.69) is 26.9 Å². The van der Waals surface area contributed by atoms with E-state index in [4.69, 9.17) is 0 Å². The summed E-state index contributed by atoms with van der Waals surface area (Å²) in [5, 5.41) is 7.08. The summed E-state index contributed by atoms with van der Waals surface area (Å²) in [4.78, 5) is 12.5. The lowest BCUT2D eigenvalue weighted by Crippen LogP contribution is -2.25. The van der Waals surface area contributed by atoms with Gasteiger partial charge in [-0.1, -0.05) is 12.1 Å². The highest BCUT2D eigenvalue weighted by atomic mass is 32.2. The highest BCUT2D eigenvalue weighted by molar-refractivity contribution is 7.98. The molecule has 0 unspecified atom stereocenters. The van der Waals surface area contributed by atoms with Crippen molar-refractivity contribution in [3.05, 3.63) is 81.5 Å². The van der Waals surface area contributed by atoms with Crippen LogP contribution in [-0.2, 0) is 15.8 Å². The number of nitrogens with one attached hydrogen (secondary N) is 2. The number of aryl methyl sites for hydroxylation is 2. The van der Waals surface area contributed by atoms with Crippen LogP contribution in [0.25, 0.3) is 0 Å². The number of thioether (sulfide) groups is 1. The molecule has 0 aliphatic carbocycles. The van der Waals surface area contributed by atoms with Crippen LogP contribution in [0, 0.1) is 13.8 Å². The van der Waals surface area contributed by atoms with Crippen LogP contribution in [0.4, 0.5) is 5.69 Å². The molecular weight excluding hydrogens is 436 g/mol. The van der Waals surface area contributed by atoms with E-state index in [1.165, 1.54) is 5.56 Å². The Morgan fingerprint density at radius 1 is 1.07 bits per heavy atom. The third-order valence-corrected chi connectivity index (χ3v) is 7.70. The molecule has 0 aliphatic rings. The highest BCUT2D eigenvalue weighted by Gasteiger charge is 2.17. The summed E-state index contributed by atoms with van der Waals surface area (Å²) in [5.41, 5.74) is 3.77. The van der Waals surface area contributed by atoms with E-state index < -0.39 is 10.0 Å². The van der Waals surface area contributed by atoms with Crippen LogP contribution in [0.5, 0.6) is 0 Å². The van der Waals surface area contributed by atoms with E-state index in [-0.39, 0.29) is 10.8 Å². The van der Waals surface area contributed by atoms with Crippen LogP contribution in [0.2, 0.25) is 0 Å². The minimum atomic E-state index is -3.69. The van der Waals surface area contributed by atoms with Crippen molar-refractivity contribution in [1.82, 2.24) is 5.32 Å². The fourth-order valence-electron chi connectivity index (χ4n) is 2.80. The number of hydrogen-bond donors (Lipinski definition) is 2. The third-order valence-electron chi connectivity index (χ3n) is 4.41. The fourth-order valence-corrected chi connectivity index (χ4v) is 5.77. The number of thiophene rings is 1. The molecule has 0 aliphatic heterocycles. The first kappa shape index (κ1) is 22.4. The fraction of sp³-hybridized carbons (Fsp3) is 0.227. The third kappa shape index (κ3) is 6.10. The number of amides is 1. The van der Waals surface area contributed by atoms with Gasteiger partial charge in [-0.05, 0) is 77.7 Å². The summed E-state index contributed by atoms with van der Waals surface area (Å²) in [7, 11) is -3.69. The van der Waals surface area contributed by atoms with E-state index in [1.54, 1.807) is 66.4 Å². The van der Waals surface area contributed by atoms with Crippen LogP contribution in [0.3, 0.4) is 0 Å². The standard InChI is InChI=1S/C22H24N2O3S3/c1-16-3-4-17(2)21(13-16)30(26,27)24-20-7-5-19(6-8-20)22(25)23-10-12-29-15-18-9-11-28-14-18/h3-9,11,13-14,24H,10,12,15H2,1-2H3,(H,23,25). The second-order valence-corrected chi connectivity index (χ2v) is 10.4. The maximum atomic E-state index is 12.7. The molecule has 3 aromatic rings. The molecule has 8 heteroatoms. The van der Waals surface area contributed by atoms with Gasteiger partial charge >= 0.3 is 0 Å². The van der Waals surface area contributed by atoms with Gasteiger partial charge in [-0.25, -0.2) is 8.42 Å². The number of carbonyl (C=O) groups is 1. The molecule has 1 aromatic heterocycles. The molecule has 0 saturated carbocycles. The predicted octanol–water partition coefficient (Wildman–Crippen LogP) is 4.83. The van der Waals surface area contributed by atoms with Crippen molar-refractivity contribution in [3.63, 3.8) is 0 Å². The Hall–Kier alpha value is -2.29. The maximum Gasteiger partial charge on any atom is 0.262 e. The number of hydrogen-bond acceptors (Lipinski definition) is 5. The zero-order chi connectivity index (χ0) is 21.6. The molecule has 30 heavy (non-hydrogen) atoms. The van der Waals surface area contributed by atoms with Gasteiger partial charge in [0, 0.05) is 29.3 Å². The first-order chi connectivity index (χ1) is 14.3. The quantitative estimate of drug-likeness (QED) is 0.449. The Balaban J connectivity index is 1.52. The average molecular weight is 461 g/mol. The largest absolute Gasteiger partial charge is 0.351 e. The lowest BCUT2D eigenvalue weighted by molar-refractivity contribution is 0.0956. The molecule has 1 heterocycles.